The molecule has 20 N–H and O–H groups in total. The Bertz CT molecular complexity index is 5620. The van der Waals surface area contributed by atoms with Crippen molar-refractivity contribution in [1.29, 1.82) is 0 Å². The third kappa shape index (κ3) is 18.3. The van der Waals surface area contributed by atoms with Gasteiger partial charge in [0, 0.05) is 58.7 Å². The zero-order valence-electron chi connectivity index (χ0n) is 60.2. The van der Waals surface area contributed by atoms with Crippen LogP contribution in [0.2, 0.25) is 0 Å². The number of carbonyl (C=O) groups excluding carboxylic acids is 1. The van der Waals surface area contributed by atoms with E-state index < -0.39 is 5.91 Å². The van der Waals surface area contributed by atoms with Crippen LogP contribution < -0.4 is 57.3 Å². The maximum atomic E-state index is 11.3. The lowest BCUT2D eigenvalue weighted by Gasteiger charge is -2.11. The highest BCUT2D eigenvalue weighted by atomic mass is 16.1. The van der Waals surface area contributed by atoms with Gasteiger partial charge >= 0.3 is 0 Å². The van der Waals surface area contributed by atoms with Crippen molar-refractivity contribution in [2.45, 2.75) is 86.5 Å². The van der Waals surface area contributed by atoms with Crippen molar-refractivity contribution in [3.63, 3.8) is 0 Å². The molecule has 5 aromatic heterocycles. The van der Waals surface area contributed by atoms with Crippen LogP contribution in [0.1, 0.15) is 105 Å². The number of nitrogens with two attached hydrogens (primary N) is 10. The van der Waals surface area contributed by atoms with Gasteiger partial charge < -0.3 is 57.3 Å². The van der Waals surface area contributed by atoms with E-state index in [0.717, 1.165) is 130 Å². The van der Waals surface area contributed by atoms with Crippen molar-refractivity contribution in [3.8, 4) is 11.1 Å². The first-order chi connectivity index (χ1) is 50.8. The minimum Gasteiger partial charge on any atom is -0.383 e. The first-order valence-corrected chi connectivity index (χ1v) is 35.0. The van der Waals surface area contributed by atoms with E-state index in [1.54, 1.807) is 6.07 Å². The van der Waals surface area contributed by atoms with Crippen LogP contribution in [0.25, 0.3) is 65.6 Å². The first kappa shape index (κ1) is 73.8. The molecule has 0 aliphatic carbocycles. The number of anilines is 5. The zero-order valence-corrected chi connectivity index (χ0v) is 60.2. The monoisotopic (exact) mass is 1390 g/mol. The van der Waals surface area contributed by atoms with Crippen molar-refractivity contribution in [2.24, 2.45) is 28.7 Å². The molecule has 0 bridgehead atoms. The summed E-state index contributed by atoms with van der Waals surface area (Å²) in [4.78, 5) is 33.6. The largest absolute Gasteiger partial charge is 0.383 e. The Labute approximate surface area is 613 Å². The van der Waals surface area contributed by atoms with Gasteiger partial charge in [0.25, 0.3) is 0 Å². The summed E-state index contributed by atoms with van der Waals surface area (Å²) in [6.07, 6.45) is 3.32. The van der Waals surface area contributed by atoms with E-state index in [-0.39, 0.29) is 0 Å². The van der Waals surface area contributed by atoms with Gasteiger partial charge in [-0.15, -0.1) is 0 Å². The number of fused-ring (bicyclic) bond motifs is 5. The smallest absolute Gasteiger partial charge is 0.248 e. The predicted molar refractivity (Wildman–Crippen MR) is 437 cm³/mol. The number of hydrogen-bond donors (Lipinski definition) is 10. The van der Waals surface area contributed by atoms with Crippen molar-refractivity contribution in [2.75, 3.05) is 28.7 Å². The van der Waals surface area contributed by atoms with Crippen LogP contribution in [0, 0.1) is 34.6 Å². The summed E-state index contributed by atoms with van der Waals surface area (Å²) >= 11 is 0. The number of nitrogen functional groups attached to an aromatic ring is 5. The molecule has 0 aliphatic rings. The molecule has 528 valence electrons. The molecule has 0 saturated carbocycles. The van der Waals surface area contributed by atoms with Gasteiger partial charge in [-0.2, -0.15) is 0 Å². The van der Waals surface area contributed by atoms with E-state index in [0.29, 0.717) is 67.3 Å². The normalized spacial score (nSPS) is 10.9. The molecule has 16 nitrogen and oxygen atoms in total. The SMILES string of the molecule is Cc1cc2c(-c3cccc(CN)c3)cccc2nc1N.Cc1cc2c(Cc3ccc(CN)cc3)cccc2nc1N.Cc1cc2c(Cc3cccc(C(N)=O)c3)cccc2nc1N.Cc1cc2c(Cc3cccc(CN)c3)cccc2nc1N.Cc1cc2c(Cc3ccccc3CN)cccc2nc1N. The highest BCUT2D eigenvalue weighted by molar-refractivity contribution is 5.96. The number of benzene rings is 10. The molecule has 16 heteroatoms. The average Bonchev–Trinajstić information content (AvgIpc) is 0.822. The van der Waals surface area contributed by atoms with Gasteiger partial charge in [-0.3, -0.25) is 4.79 Å². The van der Waals surface area contributed by atoms with Crippen molar-refractivity contribution in [1.82, 2.24) is 24.9 Å². The summed E-state index contributed by atoms with van der Waals surface area (Å²) in [6, 6.07) is 82.0. The Kier molecular flexibility index (Phi) is 23.9. The Morgan fingerprint density at radius 1 is 0.276 bits per heavy atom. The lowest BCUT2D eigenvalue weighted by atomic mass is 9.96. The Hall–Kier alpha value is -12.4. The molecular formula is C89H91N15O. The molecule has 0 unspecified atom stereocenters. The van der Waals surface area contributed by atoms with Gasteiger partial charge in [0.2, 0.25) is 5.91 Å². The Morgan fingerprint density at radius 2 is 0.600 bits per heavy atom. The lowest BCUT2D eigenvalue weighted by molar-refractivity contribution is 0.1000. The molecule has 0 radical (unpaired) electrons. The summed E-state index contributed by atoms with van der Waals surface area (Å²) in [5.41, 5.74) is 84.6. The second kappa shape index (κ2) is 34.0. The number of primary amides is 1. The van der Waals surface area contributed by atoms with E-state index in [2.05, 4.69) is 164 Å². The van der Waals surface area contributed by atoms with Crippen LogP contribution in [0.15, 0.2) is 243 Å². The summed E-state index contributed by atoms with van der Waals surface area (Å²) in [5.74, 6) is 2.54. The van der Waals surface area contributed by atoms with E-state index in [1.165, 1.54) is 49.7 Å². The summed E-state index contributed by atoms with van der Waals surface area (Å²) in [6.45, 7) is 12.2. The van der Waals surface area contributed by atoms with E-state index >= 15 is 0 Å². The molecule has 5 heterocycles. The van der Waals surface area contributed by atoms with Gasteiger partial charge in [-0.1, -0.05) is 164 Å². The Balaban J connectivity index is 0.000000131. The van der Waals surface area contributed by atoms with Crippen LogP contribution in [-0.2, 0) is 51.9 Å². The summed E-state index contributed by atoms with van der Waals surface area (Å²) in [7, 11) is 0. The molecule has 0 atom stereocenters. The minimum absolute atomic E-state index is 0.412. The van der Waals surface area contributed by atoms with Crippen LogP contribution >= 0.6 is 0 Å². The highest BCUT2D eigenvalue weighted by Gasteiger charge is 2.14. The van der Waals surface area contributed by atoms with Gasteiger partial charge in [-0.05, 0) is 245 Å². The van der Waals surface area contributed by atoms with Crippen LogP contribution in [0.4, 0.5) is 29.1 Å². The number of hydrogen-bond acceptors (Lipinski definition) is 15. The zero-order chi connectivity index (χ0) is 74.3. The number of rotatable bonds is 14. The van der Waals surface area contributed by atoms with Gasteiger partial charge in [-0.25, -0.2) is 24.9 Å². The van der Waals surface area contributed by atoms with Gasteiger partial charge in [0.05, 0.1) is 27.6 Å². The molecule has 15 rings (SSSR count). The van der Waals surface area contributed by atoms with Crippen LogP contribution in [0.3, 0.4) is 0 Å². The quantitative estimate of drug-likeness (QED) is 0.0484. The molecule has 15 aromatic rings. The second-order valence-electron chi connectivity index (χ2n) is 26.5. The molecule has 0 saturated heterocycles. The van der Waals surface area contributed by atoms with Gasteiger partial charge in [0.15, 0.2) is 0 Å². The summed E-state index contributed by atoms with van der Waals surface area (Å²) < 4.78 is 0. The maximum Gasteiger partial charge on any atom is 0.248 e. The fourth-order valence-corrected chi connectivity index (χ4v) is 12.8. The van der Waals surface area contributed by atoms with Crippen molar-refractivity contribution < 1.29 is 4.79 Å². The average molecular weight is 1390 g/mol. The highest BCUT2D eigenvalue weighted by Crippen LogP contribution is 2.32. The number of aromatic nitrogens is 5. The third-order valence-corrected chi connectivity index (χ3v) is 18.9. The number of carbonyl (C=O) groups is 1. The predicted octanol–water partition coefficient (Wildman–Crippen LogP) is 15.6. The maximum absolute atomic E-state index is 11.3. The van der Waals surface area contributed by atoms with Gasteiger partial charge in [0.1, 0.15) is 29.1 Å². The first-order valence-electron chi connectivity index (χ1n) is 35.0. The molecule has 10 aromatic carbocycles. The standard InChI is InChI=1S/C18H17N3O.3C18H19N3.C17H17N3/c1-11-8-15-13(5-3-7-16(15)21-17(11)19)9-12-4-2-6-14(10-12)18(20)22;1-12-8-16-15(6-3-7-17(16)21-18(12)20)10-13-4-2-5-14(9-13)11-19;1-12-9-16-14(7-4-8-17(16)21-18(12)20)10-13-5-2-3-6-15(13)11-19;1-12-9-16-15(3-2-4-17(16)21-18(12)20)10-13-5-7-14(11-19)8-6-13;1-11-8-15-14(6-3-7-16(15)20-17(11)19)13-5-2-4-12(9-13)10-18/h2-8,10H,9H2,1H3,(H2,19,21)(H2,20,22);3*2-9H,10-11,19H2,1H3,(H2,20,21);2-9H,10,18H2,1H3,(H2,19,20). The van der Waals surface area contributed by atoms with E-state index in [4.69, 9.17) is 57.3 Å². The van der Waals surface area contributed by atoms with E-state index in [9.17, 15) is 4.79 Å². The molecule has 1 amide bonds. The molecule has 0 fully saturated rings. The summed E-state index contributed by atoms with van der Waals surface area (Å²) in [5, 5.41) is 5.71. The number of aryl methyl sites for hydroxylation is 5. The molecule has 0 spiro atoms. The van der Waals surface area contributed by atoms with Crippen LogP contribution in [-0.4, -0.2) is 30.8 Å². The van der Waals surface area contributed by atoms with Crippen LogP contribution in [0.5, 0.6) is 0 Å². The molecular weight excluding hydrogens is 1300 g/mol. The Morgan fingerprint density at radius 3 is 1.03 bits per heavy atom. The molecule has 105 heavy (non-hydrogen) atoms. The fourth-order valence-electron chi connectivity index (χ4n) is 12.8. The molecule has 0 aliphatic heterocycles. The minimum atomic E-state index is -0.412. The lowest BCUT2D eigenvalue weighted by Crippen LogP contribution is -2.11. The number of amides is 1. The van der Waals surface area contributed by atoms with Crippen molar-refractivity contribution in [3.05, 3.63) is 343 Å². The number of pyridine rings is 5. The topological polar surface area (TPSA) is 342 Å². The number of nitrogens with zero attached hydrogens (tertiary/aromatic N) is 5. The van der Waals surface area contributed by atoms with Crippen molar-refractivity contribution >= 4 is 89.5 Å². The second-order valence-corrected chi connectivity index (χ2v) is 26.5. The fraction of sp³-hybridized carbons (Fsp3) is 0.146. The third-order valence-electron chi connectivity index (χ3n) is 18.9. The van der Waals surface area contributed by atoms with E-state index in [1.807, 2.05) is 132 Å².